The van der Waals surface area contributed by atoms with Crippen LogP contribution in [0.5, 0.6) is 0 Å². The minimum Gasteiger partial charge on any atom is -0.465 e. The fraction of sp³-hybridized carbons (Fsp3) is 0.278. The van der Waals surface area contributed by atoms with Gasteiger partial charge in [-0.2, -0.15) is 5.26 Å². The number of thiophene rings is 1. The standard InChI is InChI=1S/C18H18N2O3S/c1-10-5-6-13(11(2)7-10)8-15(21)20-17-14(9-19)12(3)16(24-17)18(22)23-4/h5-7H,8H2,1-4H3,(H,20,21). The van der Waals surface area contributed by atoms with Crippen molar-refractivity contribution in [3.8, 4) is 6.07 Å². The average Bonchev–Trinajstić information content (AvgIpc) is 2.85. The van der Waals surface area contributed by atoms with Crippen molar-refractivity contribution in [3.05, 3.63) is 50.9 Å². The molecule has 0 saturated heterocycles. The van der Waals surface area contributed by atoms with Gasteiger partial charge in [0.1, 0.15) is 15.9 Å². The lowest BCUT2D eigenvalue weighted by atomic mass is 10.0. The molecule has 1 N–H and O–H groups in total. The first-order valence-electron chi connectivity index (χ1n) is 7.35. The van der Waals surface area contributed by atoms with Crippen molar-refractivity contribution in [2.45, 2.75) is 27.2 Å². The zero-order valence-corrected chi connectivity index (χ0v) is 14.8. The molecule has 24 heavy (non-hydrogen) atoms. The summed E-state index contributed by atoms with van der Waals surface area (Å²) in [6, 6.07) is 7.95. The highest BCUT2D eigenvalue weighted by atomic mass is 32.1. The molecule has 1 amide bonds. The molecule has 0 aliphatic heterocycles. The number of nitrogens with zero attached hydrogens (tertiary/aromatic N) is 1. The number of hydrogen-bond acceptors (Lipinski definition) is 5. The molecule has 6 heteroatoms. The Labute approximate surface area is 144 Å². The molecule has 1 aromatic heterocycles. The number of ether oxygens (including phenoxy) is 1. The summed E-state index contributed by atoms with van der Waals surface area (Å²) >= 11 is 1.06. The summed E-state index contributed by atoms with van der Waals surface area (Å²) in [7, 11) is 1.28. The van der Waals surface area contributed by atoms with Crippen molar-refractivity contribution >= 4 is 28.2 Å². The van der Waals surface area contributed by atoms with Gasteiger partial charge in [0, 0.05) is 0 Å². The van der Waals surface area contributed by atoms with Gasteiger partial charge in [-0.1, -0.05) is 23.8 Å². The lowest BCUT2D eigenvalue weighted by Crippen LogP contribution is -2.15. The van der Waals surface area contributed by atoms with Gasteiger partial charge in [-0.05, 0) is 37.5 Å². The number of nitriles is 1. The van der Waals surface area contributed by atoms with Crippen LogP contribution in [0.3, 0.4) is 0 Å². The highest BCUT2D eigenvalue weighted by Gasteiger charge is 2.21. The van der Waals surface area contributed by atoms with E-state index in [0.29, 0.717) is 21.0 Å². The van der Waals surface area contributed by atoms with Crippen LogP contribution in [-0.4, -0.2) is 19.0 Å². The van der Waals surface area contributed by atoms with E-state index in [9.17, 15) is 14.9 Å². The van der Waals surface area contributed by atoms with Crippen molar-refractivity contribution in [2.24, 2.45) is 0 Å². The van der Waals surface area contributed by atoms with Gasteiger partial charge in [0.2, 0.25) is 5.91 Å². The molecular formula is C18H18N2O3S. The van der Waals surface area contributed by atoms with E-state index in [-0.39, 0.29) is 12.3 Å². The number of anilines is 1. The Morgan fingerprint density at radius 2 is 2.00 bits per heavy atom. The van der Waals surface area contributed by atoms with Crippen molar-refractivity contribution < 1.29 is 14.3 Å². The van der Waals surface area contributed by atoms with Gasteiger partial charge in [-0.25, -0.2) is 4.79 Å². The zero-order chi connectivity index (χ0) is 17.9. The predicted octanol–water partition coefficient (Wildman–Crippen LogP) is 3.51. The summed E-state index contributed by atoms with van der Waals surface area (Å²) in [6.07, 6.45) is 0.210. The minimum absolute atomic E-state index is 0.210. The molecule has 124 valence electrons. The maximum atomic E-state index is 12.3. The first-order valence-corrected chi connectivity index (χ1v) is 8.16. The molecule has 0 radical (unpaired) electrons. The Hall–Kier alpha value is -2.65. The van der Waals surface area contributed by atoms with Crippen LogP contribution in [0.4, 0.5) is 5.00 Å². The van der Waals surface area contributed by atoms with Crippen molar-refractivity contribution in [3.63, 3.8) is 0 Å². The van der Waals surface area contributed by atoms with Gasteiger partial charge in [0.05, 0.1) is 19.1 Å². The molecule has 1 aromatic carbocycles. The van der Waals surface area contributed by atoms with E-state index in [2.05, 4.69) is 5.32 Å². The Kier molecular flexibility index (Phi) is 5.37. The Bertz CT molecular complexity index is 847. The molecule has 2 rings (SSSR count). The lowest BCUT2D eigenvalue weighted by Gasteiger charge is -2.07. The minimum atomic E-state index is -0.510. The number of rotatable bonds is 4. The van der Waals surface area contributed by atoms with Gasteiger partial charge in [-0.15, -0.1) is 11.3 Å². The third-order valence-corrected chi connectivity index (χ3v) is 4.92. The zero-order valence-electron chi connectivity index (χ0n) is 14.0. The van der Waals surface area contributed by atoms with E-state index in [0.717, 1.165) is 28.0 Å². The molecule has 0 aliphatic carbocycles. The third-order valence-electron chi connectivity index (χ3n) is 3.73. The van der Waals surface area contributed by atoms with Crippen LogP contribution in [0.2, 0.25) is 0 Å². The SMILES string of the molecule is COC(=O)c1sc(NC(=O)Cc2ccc(C)cc2C)c(C#N)c1C. The Morgan fingerprint density at radius 1 is 1.29 bits per heavy atom. The molecule has 0 unspecified atom stereocenters. The van der Waals surface area contributed by atoms with Crippen LogP contribution in [0.1, 0.15) is 37.5 Å². The number of carbonyl (C=O) groups is 2. The molecular weight excluding hydrogens is 324 g/mol. The second-order valence-corrected chi connectivity index (χ2v) is 6.54. The summed E-state index contributed by atoms with van der Waals surface area (Å²) in [5.41, 5.74) is 3.94. The second kappa shape index (κ2) is 7.28. The van der Waals surface area contributed by atoms with Crippen LogP contribution in [-0.2, 0) is 16.0 Å². The maximum Gasteiger partial charge on any atom is 0.348 e. The smallest absolute Gasteiger partial charge is 0.348 e. The second-order valence-electron chi connectivity index (χ2n) is 5.52. The summed E-state index contributed by atoms with van der Waals surface area (Å²) in [6.45, 7) is 5.63. The van der Waals surface area contributed by atoms with E-state index in [1.165, 1.54) is 7.11 Å². The van der Waals surface area contributed by atoms with Crippen molar-refractivity contribution in [1.29, 1.82) is 5.26 Å². The first-order chi connectivity index (χ1) is 11.4. The fourth-order valence-corrected chi connectivity index (χ4v) is 3.50. The number of carbonyl (C=O) groups excluding carboxylic acids is 2. The van der Waals surface area contributed by atoms with Crippen molar-refractivity contribution in [1.82, 2.24) is 0 Å². The maximum absolute atomic E-state index is 12.3. The van der Waals surface area contributed by atoms with Gasteiger partial charge in [0.15, 0.2) is 0 Å². The monoisotopic (exact) mass is 342 g/mol. The predicted molar refractivity (Wildman–Crippen MR) is 93.4 cm³/mol. The quantitative estimate of drug-likeness (QED) is 0.862. The number of hydrogen-bond donors (Lipinski definition) is 1. The van der Waals surface area contributed by atoms with E-state index in [1.54, 1.807) is 6.92 Å². The van der Waals surface area contributed by atoms with E-state index < -0.39 is 5.97 Å². The van der Waals surface area contributed by atoms with Gasteiger partial charge >= 0.3 is 5.97 Å². The fourth-order valence-electron chi connectivity index (χ4n) is 2.41. The molecule has 5 nitrogen and oxygen atoms in total. The normalized spacial score (nSPS) is 10.1. The molecule has 2 aromatic rings. The molecule has 1 heterocycles. The average molecular weight is 342 g/mol. The highest BCUT2D eigenvalue weighted by Crippen LogP contribution is 2.33. The van der Waals surface area contributed by atoms with Crippen LogP contribution in [0.15, 0.2) is 18.2 Å². The Morgan fingerprint density at radius 3 is 2.58 bits per heavy atom. The van der Waals surface area contributed by atoms with E-state index in [1.807, 2.05) is 38.1 Å². The summed E-state index contributed by atoms with van der Waals surface area (Å²) in [5, 5.41) is 12.4. The van der Waals surface area contributed by atoms with Gasteiger partial charge in [-0.3, -0.25) is 4.79 Å². The number of amides is 1. The van der Waals surface area contributed by atoms with Crippen LogP contribution in [0, 0.1) is 32.1 Å². The van der Waals surface area contributed by atoms with E-state index in [4.69, 9.17) is 4.74 Å². The molecule has 0 spiro atoms. The summed E-state index contributed by atoms with van der Waals surface area (Å²) in [4.78, 5) is 24.4. The number of benzene rings is 1. The molecule has 0 saturated carbocycles. The van der Waals surface area contributed by atoms with Gasteiger partial charge < -0.3 is 10.1 Å². The largest absolute Gasteiger partial charge is 0.465 e. The lowest BCUT2D eigenvalue weighted by molar-refractivity contribution is -0.115. The number of nitrogens with one attached hydrogen (secondary N) is 1. The van der Waals surface area contributed by atoms with Crippen molar-refractivity contribution in [2.75, 3.05) is 12.4 Å². The van der Waals surface area contributed by atoms with Crippen LogP contribution >= 0.6 is 11.3 Å². The van der Waals surface area contributed by atoms with E-state index >= 15 is 0 Å². The summed E-state index contributed by atoms with van der Waals surface area (Å²) < 4.78 is 4.71. The Balaban J connectivity index is 2.23. The van der Waals surface area contributed by atoms with Gasteiger partial charge in [0.25, 0.3) is 0 Å². The topological polar surface area (TPSA) is 79.2 Å². The highest BCUT2D eigenvalue weighted by molar-refractivity contribution is 7.18. The number of methoxy groups -OCH3 is 1. The van der Waals surface area contributed by atoms with Crippen LogP contribution < -0.4 is 5.32 Å². The number of aryl methyl sites for hydroxylation is 2. The number of esters is 1. The molecule has 0 bridgehead atoms. The third kappa shape index (κ3) is 3.63. The summed E-state index contributed by atoms with van der Waals surface area (Å²) in [5.74, 6) is -0.736. The first kappa shape index (κ1) is 17.7. The molecule has 0 fully saturated rings. The van der Waals surface area contributed by atoms with Crippen LogP contribution in [0.25, 0.3) is 0 Å². The molecule has 0 aliphatic rings. The molecule has 0 atom stereocenters.